The van der Waals surface area contributed by atoms with Crippen LogP contribution in [0, 0.1) is 0 Å². The highest BCUT2D eigenvalue weighted by Gasteiger charge is 2.38. The van der Waals surface area contributed by atoms with Crippen LogP contribution >= 0.6 is 0 Å². The molecule has 1 aromatic rings. The standard InChI is InChI=1S/C15H19N5O5S/c1-26(24,25)20-8-7-19(15(20)23)14(22)17-10-11-4-5-16-12(9-11)18-6-2-3-13(18)21/h4-5,9H,2-3,6-8,10H2,1H3,(H,17,22). The minimum atomic E-state index is -3.69. The van der Waals surface area contributed by atoms with Crippen LogP contribution in [0.25, 0.3) is 0 Å². The van der Waals surface area contributed by atoms with E-state index in [4.69, 9.17) is 0 Å². The van der Waals surface area contributed by atoms with E-state index in [9.17, 15) is 22.8 Å². The number of hydrogen-bond acceptors (Lipinski definition) is 6. The molecule has 2 saturated heterocycles. The Morgan fingerprint density at radius 2 is 2.04 bits per heavy atom. The SMILES string of the molecule is CS(=O)(=O)N1CCN(C(=O)NCc2ccnc(N3CCCC3=O)c2)C1=O. The van der Waals surface area contributed by atoms with E-state index in [1.54, 1.807) is 23.2 Å². The number of nitrogens with zero attached hydrogens (tertiary/aromatic N) is 4. The summed E-state index contributed by atoms with van der Waals surface area (Å²) >= 11 is 0. The number of urea groups is 2. The predicted octanol–water partition coefficient (Wildman–Crippen LogP) is 0.115. The van der Waals surface area contributed by atoms with Crippen molar-refractivity contribution in [1.29, 1.82) is 0 Å². The second-order valence-electron chi connectivity index (χ2n) is 6.10. The third-order valence-electron chi connectivity index (χ3n) is 4.22. The number of amides is 5. The summed E-state index contributed by atoms with van der Waals surface area (Å²) < 4.78 is 23.6. The number of carbonyl (C=O) groups is 3. The number of anilines is 1. The van der Waals surface area contributed by atoms with Gasteiger partial charge in [0.1, 0.15) is 5.82 Å². The lowest BCUT2D eigenvalue weighted by Crippen LogP contribution is -2.43. The molecule has 1 N–H and O–H groups in total. The van der Waals surface area contributed by atoms with E-state index in [1.165, 1.54) is 0 Å². The van der Waals surface area contributed by atoms with Crippen LogP contribution in [0.15, 0.2) is 18.3 Å². The van der Waals surface area contributed by atoms with E-state index in [0.717, 1.165) is 23.1 Å². The Labute approximate surface area is 150 Å². The Kier molecular flexibility index (Phi) is 4.81. The fourth-order valence-electron chi connectivity index (χ4n) is 2.89. The van der Waals surface area contributed by atoms with Gasteiger partial charge in [-0.15, -0.1) is 0 Å². The lowest BCUT2D eigenvalue weighted by atomic mass is 10.2. The third-order valence-corrected chi connectivity index (χ3v) is 5.36. The first-order chi connectivity index (χ1) is 12.3. The molecule has 3 heterocycles. The summed E-state index contributed by atoms with van der Waals surface area (Å²) in [5.41, 5.74) is 0.717. The van der Waals surface area contributed by atoms with Crippen LogP contribution in [0.1, 0.15) is 18.4 Å². The molecule has 1 aromatic heterocycles. The fraction of sp³-hybridized carbons (Fsp3) is 0.467. The van der Waals surface area contributed by atoms with Gasteiger partial charge in [-0.05, 0) is 24.1 Å². The summed E-state index contributed by atoms with van der Waals surface area (Å²) in [5, 5.41) is 2.59. The van der Waals surface area contributed by atoms with E-state index in [2.05, 4.69) is 10.3 Å². The number of hydrogen-bond donors (Lipinski definition) is 1. The number of sulfonamides is 1. The van der Waals surface area contributed by atoms with Gasteiger partial charge in [0.05, 0.1) is 19.3 Å². The fourth-order valence-corrected chi connectivity index (χ4v) is 3.69. The minimum Gasteiger partial charge on any atom is -0.333 e. The molecule has 11 heteroatoms. The van der Waals surface area contributed by atoms with Gasteiger partial charge < -0.3 is 5.32 Å². The molecule has 0 spiro atoms. The first-order valence-electron chi connectivity index (χ1n) is 8.10. The molecule has 26 heavy (non-hydrogen) atoms. The normalized spacial score (nSPS) is 18.0. The van der Waals surface area contributed by atoms with Gasteiger partial charge in [0.25, 0.3) is 0 Å². The van der Waals surface area contributed by atoms with E-state index in [-0.39, 0.29) is 25.5 Å². The van der Waals surface area contributed by atoms with Gasteiger partial charge in [-0.3, -0.25) is 9.69 Å². The van der Waals surface area contributed by atoms with Gasteiger partial charge in [0.2, 0.25) is 15.9 Å². The number of rotatable bonds is 4. The zero-order valence-corrected chi connectivity index (χ0v) is 15.0. The highest BCUT2D eigenvalue weighted by Crippen LogP contribution is 2.20. The summed E-state index contributed by atoms with van der Waals surface area (Å²) in [5.74, 6) is 0.543. The van der Waals surface area contributed by atoms with Crippen molar-refractivity contribution < 1.29 is 22.8 Å². The number of aromatic nitrogens is 1. The van der Waals surface area contributed by atoms with E-state index in [1.807, 2.05) is 0 Å². The van der Waals surface area contributed by atoms with Crippen LogP contribution < -0.4 is 10.2 Å². The number of carbonyl (C=O) groups excluding carboxylic acids is 3. The zero-order chi connectivity index (χ0) is 18.9. The van der Waals surface area contributed by atoms with Crippen molar-refractivity contribution in [2.24, 2.45) is 0 Å². The van der Waals surface area contributed by atoms with Gasteiger partial charge in [0.15, 0.2) is 0 Å². The zero-order valence-electron chi connectivity index (χ0n) is 14.2. The lowest BCUT2D eigenvalue weighted by molar-refractivity contribution is -0.117. The molecule has 5 amide bonds. The summed E-state index contributed by atoms with van der Waals surface area (Å²) in [6.07, 6.45) is 3.76. The summed E-state index contributed by atoms with van der Waals surface area (Å²) in [4.78, 5) is 42.6. The molecule has 0 saturated carbocycles. The summed E-state index contributed by atoms with van der Waals surface area (Å²) in [6, 6.07) is 1.87. The molecule has 2 fully saturated rings. The van der Waals surface area contributed by atoms with Crippen LogP contribution in [0.2, 0.25) is 0 Å². The van der Waals surface area contributed by atoms with Crippen LogP contribution in [0.5, 0.6) is 0 Å². The van der Waals surface area contributed by atoms with Crippen LogP contribution in [-0.2, 0) is 21.4 Å². The first-order valence-corrected chi connectivity index (χ1v) is 9.94. The minimum absolute atomic E-state index is 0.00160. The highest BCUT2D eigenvalue weighted by atomic mass is 32.2. The molecule has 0 aliphatic carbocycles. The number of pyridine rings is 1. The molecule has 140 valence electrons. The maximum Gasteiger partial charge on any atom is 0.341 e. The third kappa shape index (κ3) is 3.62. The van der Waals surface area contributed by atoms with Gasteiger partial charge in [-0.2, -0.15) is 0 Å². The van der Waals surface area contributed by atoms with E-state index < -0.39 is 22.1 Å². The van der Waals surface area contributed by atoms with Crippen molar-refractivity contribution in [3.63, 3.8) is 0 Å². The van der Waals surface area contributed by atoms with Gasteiger partial charge in [-0.1, -0.05) is 0 Å². The van der Waals surface area contributed by atoms with Crippen molar-refractivity contribution >= 4 is 33.8 Å². The van der Waals surface area contributed by atoms with Crippen molar-refractivity contribution in [3.05, 3.63) is 23.9 Å². The Morgan fingerprint density at radius 3 is 2.65 bits per heavy atom. The molecule has 0 bridgehead atoms. The largest absolute Gasteiger partial charge is 0.341 e. The van der Waals surface area contributed by atoms with Crippen molar-refractivity contribution in [1.82, 2.24) is 19.5 Å². The maximum atomic E-state index is 12.2. The monoisotopic (exact) mass is 381 g/mol. The predicted molar refractivity (Wildman–Crippen MR) is 91.7 cm³/mol. The van der Waals surface area contributed by atoms with Gasteiger partial charge in [-0.25, -0.2) is 32.2 Å². The maximum absolute atomic E-state index is 12.2. The Morgan fingerprint density at radius 1 is 1.27 bits per heavy atom. The van der Waals surface area contributed by atoms with Crippen molar-refractivity contribution in [2.45, 2.75) is 19.4 Å². The van der Waals surface area contributed by atoms with Gasteiger partial charge in [0, 0.05) is 25.7 Å². The first kappa shape index (κ1) is 18.1. The molecule has 0 radical (unpaired) electrons. The Balaban J connectivity index is 1.62. The Bertz CT molecular complexity index is 856. The molecule has 2 aliphatic heterocycles. The molecular formula is C15H19N5O5S. The van der Waals surface area contributed by atoms with Crippen molar-refractivity contribution in [3.8, 4) is 0 Å². The second-order valence-corrected chi connectivity index (χ2v) is 8.01. The second kappa shape index (κ2) is 6.90. The average molecular weight is 381 g/mol. The average Bonchev–Trinajstić information content (AvgIpc) is 3.18. The quantitative estimate of drug-likeness (QED) is 0.791. The van der Waals surface area contributed by atoms with Crippen LogP contribution in [0.4, 0.5) is 15.4 Å². The molecular weight excluding hydrogens is 362 g/mol. The van der Waals surface area contributed by atoms with Crippen LogP contribution in [-0.4, -0.2) is 66.5 Å². The molecule has 0 atom stereocenters. The molecule has 0 aromatic carbocycles. The number of imide groups is 1. The highest BCUT2D eigenvalue weighted by molar-refractivity contribution is 7.88. The van der Waals surface area contributed by atoms with E-state index in [0.29, 0.717) is 23.1 Å². The van der Waals surface area contributed by atoms with Gasteiger partial charge >= 0.3 is 12.1 Å². The number of nitrogens with one attached hydrogen (secondary N) is 1. The molecule has 0 unspecified atom stereocenters. The topological polar surface area (TPSA) is 120 Å². The van der Waals surface area contributed by atoms with E-state index >= 15 is 0 Å². The molecule has 2 aliphatic rings. The summed E-state index contributed by atoms with van der Waals surface area (Å²) in [6.45, 7) is 0.688. The smallest absolute Gasteiger partial charge is 0.333 e. The molecule has 3 rings (SSSR count). The summed E-state index contributed by atoms with van der Waals surface area (Å²) in [7, 11) is -3.69. The van der Waals surface area contributed by atoms with Crippen molar-refractivity contribution in [2.75, 3.05) is 30.8 Å². The Hall–Kier alpha value is -2.69. The lowest BCUT2D eigenvalue weighted by Gasteiger charge is -2.17. The molecule has 10 nitrogen and oxygen atoms in total. The van der Waals surface area contributed by atoms with Crippen LogP contribution in [0.3, 0.4) is 0 Å².